The molecule has 3 rings (SSSR count). The molecule has 0 aliphatic carbocycles. The van der Waals surface area contributed by atoms with Crippen molar-refractivity contribution >= 4 is 29.4 Å². The second-order valence-electron chi connectivity index (χ2n) is 7.24. The van der Waals surface area contributed by atoms with Gasteiger partial charge in [-0.1, -0.05) is 41.4 Å². The van der Waals surface area contributed by atoms with E-state index in [-0.39, 0.29) is 24.9 Å². The summed E-state index contributed by atoms with van der Waals surface area (Å²) in [5.41, 5.74) is 4.53. The van der Waals surface area contributed by atoms with Gasteiger partial charge in [-0.3, -0.25) is 14.6 Å². The minimum atomic E-state index is -0.897. The van der Waals surface area contributed by atoms with Crippen LogP contribution in [0.5, 0.6) is 0 Å². The Balaban J connectivity index is 1.90. The number of benzene rings is 1. The molecule has 2 aliphatic heterocycles. The molecule has 10 heteroatoms. The largest absolute Gasteiger partial charge is 0.414 e. The maximum atomic E-state index is 12.9. The van der Waals surface area contributed by atoms with Crippen molar-refractivity contribution in [3.63, 3.8) is 0 Å². The molecular formula is C21H27N6O4+. The van der Waals surface area contributed by atoms with Crippen LogP contribution in [0.3, 0.4) is 0 Å². The lowest BCUT2D eigenvalue weighted by Crippen LogP contribution is -2.62. The van der Waals surface area contributed by atoms with Crippen molar-refractivity contribution in [2.75, 3.05) is 33.9 Å². The number of imide groups is 1. The van der Waals surface area contributed by atoms with Crippen LogP contribution in [0.4, 0.5) is 4.79 Å². The van der Waals surface area contributed by atoms with Crippen LogP contribution in [0.15, 0.2) is 53.1 Å². The van der Waals surface area contributed by atoms with Crippen molar-refractivity contribution in [1.82, 2.24) is 15.2 Å². The number of hydrazone groups is 1. The minimum Gasteiger partial charge on any atom is -0.387 e. The number of aliphatic hydroxyl groups excluding tert-OH is 1. The van der Waals surface area contributed by atoms with Gasteiger partial charge in [0.2, 0.25) is 11.9 Å². The van der Waals surface area contributed by atoms with Gasteiger partial charge in [0.1, 0.15) is 6.10 Å². The first kappa shape index (κ1) is 22.3. The van der Waals surface area contributed by atoms with E-state index in [1.54, 1.807) is 17.7 Å². The molecule has 3 amide bonds. The van der Waals surface area contributed by atoms with E-state index in [0.29, 0.717) is 12.3 Å². The lowest BCUT2D eigenvalue weighted by Gasteiger charge is -2.32. The fourth-order valence-electron chi connectivity index (χ4n) is 3.32. The summed E-state index contributed by atoms with van der Waals surface area (Å²) in [6.07, 6.45) is 0.691. The van der Waals surface area contributed by atoms with Gasteiger partial charge >= 0.3 is 12.0 Å². The third-order valence-corrected chi connectivity index (χ3v) is 5.00. The van der Waals surface area contributed by atoms with Gasteiger partial charge in [0, 0.05) is 14.1 Å². The third-order valence-electron chi connectivity index (χ3n) is 5.00. The van der Waals surface area contributed by atoms with Crippen LogP contribution in [0, 0.1) is 0 Å². The van der Waals surface area contributed by atoms with Crippen molar-refractivity contribution in [3.8, 4) is 0 Å². The van der Waals surface area contributed by atoms with E-state index in [1.165, 1.54) is 11.9 Å². The Hall–Kier alpha value is -3.37. The molecule has 1 aromatic carbocycles. The number of hydrogen-bond donors (Lipinski definition) is 2. The molecule has 2 unspecified atom stereocenters. The average molecular weight is 427 g/mol. The maximum absolute atomic E-state index is 12.9. The normalized spacial score (nSPS) is 20.1. The van der Waals surface area contributed by atoms with Gasteiger partial charge in [0.25, 0.3) is 5.91 Å². The zero-order chi connectivity index (χ0) is 22.5. The summed E-state index contributed by atoms with van der Waals surface area (Å²) in [6.45, 7) is 5.83. The van der Waals surface area contributed by atoms with Gasteiger partial charge in [-0.05, 0) is 12.5 Å². The van der Waals surface area contributed by atoms with E-state index in [4.69, 9.17) is 4.74 Å². The number of nitrogens with one attached hydrogen (secondary N) is 1. The number of urea groups is 1. The molecule has 1 saturated heterocycles. The van der Waals surface area contributed by atoms with Gasteiger partial charge in [-0.15, -0.1) is 11.7 Å². The number of nitrogens with zero attached hydrogens (tertiary/aromatic N) is 5. The zero-order valence-electron chi connectivity index (χ0n) is 17.9. The molecule has 10 nitrogen and oxygen atoms in total. The summed E-state index contributed by atoms with van der Waals surface area (Å²) in [6, 6.07) is 8.26. The lowest BCUT2D eigenvalue weighted by atomic mass is 10.1. The number of aliphatic hydroxyl groups is 1. The second-order valence-corrected chi connectivity index (χ2v) is 7.24. The molecule has 2 atom stereocenters. The fraction of sp³-hybridized carbons (Fsp3) is 0.381. The summed E-state index contributed by atoms with van der Waals surface area (Å²) >= 11 is 0. The standard InChI is InChI=1S/C21H26N6O4/c1-5-11-31-13-16(28)12-27-17-18(25(3)21(30)26(4)19(17)29)22-20(27)24-23-14(2)15-9-7-6-8-10-15/h5-10,16-17,28H,1,11-13H2,2-4H3/p+1/b23-14+. The third kappa shape index (κ3) is 4.70. The molecule has 0 spiro atoms. The summed E-state index contributed by atoms with van der Waals surface area (Å²) < 4.78 is 6.92. The van der Waals surface area contributed by atoms with Gasteiger partial charge in [0.15, 0.2) is 0 Å². The molecule has 31 heavy (non-hydrogen) atoms. The molecule has 2 aliphatic rings. The first-order chi connectivity index (χ1) is 14.8. The summed E-state index contributed by atoms with van der Waals surface area (Å²) in [7, 11) is 2.98. The lowest BCUT2D eigenvalue weighted by molar-refractivity contribution is -0.546. The number of aliphatic imine (C=N–C) groups is 1. The Kier molecular flexibility index (Phi) is 6.93. The van der Waals surface area contributed by atoms with Crippen LogP contribution in [-0.2, 0) is 9.53 Å². The number of amidine groups is 1. The van der Waals surface area contributed by atoms with Crippen molar-refractivity contribution in [2.45, 2.75) is 19.1 Å². The number of β-amino-alcohol motifs (C(OH)–C–C–N with tert-alkyl or cyclic N) is 1. The number of amides is 3. The van der Waals surface area contributed by atoms with E-state index < -0.39 is 24.1 Å². The Bertz CT molecular complexity index is 956. The molecule has 2 N–H and O–H groups in total. The predicted octanol–water partition coefficient (Wildman–Crippen LogP) is 0.237. The number of rotatable bonds is 8. The Labute approximate surface area is 180 Å². The molecule has 0 bridgehead atoms. The number of fused-ring (bicyclic) bond motifs is 1. The number of likely N-dealkylation sites (N-methyl/N-ethyl adjacent to an activating group) is 2. The maximum Gasteiger partial charge on any atom is 0.414 e. The van der Waals surface area contributed by atoms with E-state index in [2.05, 4.69) is 22.1 Å². The average Bonchev–Trinajstić information content (AvgIpc) is 3.13. The predicted molar refractivity (Wildman–Crippen MR) is 116 cm³/mol. The van der Waals surface area contributed by atoms with Crippen LogP contribution >= 0.6 is 0 Å². The number of carbonyl (C=O) groups is 2. The van der Waals surface area contributed by atoms with Gasteiger partial charge in [-0.2, -0.15) is 5.43 Å². The molecular weight excluding hydrogens is 400 g/mol. The van der Waals surface area contributed by atoms with Gasteiger partial charge < -0.3 is 9.84 Å². The SMILES string of the molecule is C=CCOCC(O)C[N+]1=C(N/N=C(\C)c2ccccc2)N=C2C1C(=O)N(C)C(=O)N2C. The first-order valence-electron chi connectivity index (χ1n) is 9.85. The highest BCUT2D eigenvalue weighted by atomic mass is 16.5. The van der Waals surface area contributed by atoms with Crippen LogP contribution in [0.25, 0.3) is 0 Å². The van der Waals surface area contributed by atoms with Crippen molar-refractivity contribution in [1.29, 1.82) is 0 Å². The minimum absolute atomic E-state index is 0.0542. The molecule has 0 saturated carbocycles. The highest BCUT2D eigenvalue weighted by Gasteiger charge is 2.51. The number of ether oxygens (including phenoxy) is 1. The molecule has 0 aromatic heterocycles. The second kappa shape index (κ2) is 9.63. The van der Waals surface area contributed by atoms with Crippen LogP contribution in [0.1, 0.15) is 12.5 Å². The summed E-state index contributed by atoms with van der Waals surface area (Å²) in [4.78, 5) is 32.0. The number of guanidine groups is 1. The molecule has 2 heterocycles. The monoisotopic (exact) mass is 427 g/mol. The van der Waals surface area contributed by atoms with E-state index in [1.807, 2.05) is 37.3 Å². The van der Waals surface area contributed by atoms with E-state index in [0.717, 1.165) is 10.5 Å². The Morgan fingerprint density at radius 3 is 2.74 bits per heavy atom. The summed E-state index contributed by atoms with van der Waals surface area (Å²) in [5.74, 6) is 0.116. The quantitative estimate of drug-likeness (QED) is 0.203. The van der Waals surface area contributed by atoms with Crippen molar-refractivity contribution in [2.24, 2.45) is 10.1 Å². The van der Waals surface area contributed by atoms with Crippen molar-refractivity contribution in [3.05, 3.63) is 48.6 Å². The molecule has 1 fully saturated rings. The number of carbonyl (C=O) groups excluding carboxylic acids is 2. The van der Waals surface area contributed by atoms with Crippen molar-refractivity contribution < 1.29 is 24.0 Å². The first-order valence-corrected chi connectivity index (χ1v) is 9.85. The fourth-order valence-corrected chi connectivity index (χ4v) is 3.32. The Morgan fingerprint density at radius 2 is 2.06 bits per heavy atom. The highest BCUT2D eigenvalue weighted by molar-refractivity contribution is 6.22. The molecule has 164 valence electrons. The van der Waals surface area contributed by atoms with Crippen LogP contribution in [-0.4, -0.2) is 94.9 Å². The van der Waals surface area contributed by atoms with Crippen LogP contribution < -0.4 is 5.43 Å². The topological polar surface area (TPSA) is 110 Å². The van der Waals surface area contributed by atoms with E-state index >= 15 is 0 Å². The zero-order valence-corrected chi connectivity index (χ0v) is 17.9. The highest BCUT2D eigenvalue weighted by Crippen LogP contribution is 2.18. The van der Waals surface area contributed by atoms with Crippen LogP contribution in [0.2, 0.25) is 0 Å². The molecule has 0 radical (unpaired) electrons. The van der Waals surface area contributed by atoms with Gasteiger partial charge in [-0.25, -0.2) is 9.37 Å². The number of hydrogen-bond acceptors (Lipinski definition) is 7. The Morgan fingerprint density at radius 1 is 1.35 bits per heavy atom. The molecule has 1 aromatic rings. The summed E-state index contributed by atoms with van der Waals surface area (Å²) in [5, 5.41) is 14.8. The smallest absolute Gasteiger partial charge is 0.387 e. The van der Waals surface area contributed by atoms with E-state index in [9.17, 15) is 14.7 Å². The van der Waals surface area contributed by atoms with Gasteiger partial charge in [0.05, 0.1) is 25.5 Å².